The summed E-state index contributed by atoms with van der Waals surface area (Å²) in [4.78, 5) is 30.0. The van der Waals surface area contributed by atoms with Gasteiger partial charge in [-0.2, -0.15) is 0 Å². The minimum absolute atomic E-state index is 0.0537. The maximum atomic E-state index is 12.5. The van der Waals surface area contributed by atoms with Crippen molar-refractivity contribution in [2.45, 2.75) is 25.7 Å². The highest BCUT2D eigenvalue weighted by Crippen LogP contribution is 2.15. The second-order valence-corrected chi connectivity index (χ2v) is 7.44. The minimum atomic E-state index is -0.215. The first-order chi connectivity index (χ1) is 13.7. The Kier molecular flexibility index (Phi) is 5.53. The van der Waals surface area contributed by atoms with Crippen molar-refractivity contribution in [2.24, 2.45) is 0 Å². The number of rotatable bonds is 6. The lowest BCUT2D eigenvalue weighted by Crippen LogP contribution is -2.22. The number of hydrogen-bond donors (Lipinski definition) is 2. The summed E-state index contributed by atoms with van der Waals surface area (Å²) >= 11 is 0. The Morgan fingerprint density at radius 1 is 1.04 bits per heavy atom. The highest BCUT2D eigenvalue weighted by molar-refractivity contribution is 5.93. The lowest BCUT2D eigenvalue weighted by atomic mass is 10.1. The third kappa shape index (κ3) is 4.49. The highest BCUT2D eigenvalue weighted by atomic mass is 16.2. The number of hydrogen-bond acceptors (Lipinski definition) is 3. The van der Waals surface area contributed by atoms with Crippen molar-refractivity contribution in [3.63, 3.8) is 0 Å². The van der Waals surface area contributed by atoms with E-state index >= 15 is 0 Å². The summed E-state index contributed by atoms with van der Waals surface area (Å²) in [5.41, 5.74) is 3.03. The predicted molar refractivity (Wildman–Crippen MR) is 113 cm³/mol. The number of aromatic amines is 1. The van der Waals surface area contributed by atoms with Crippen molar-refractivity contribution < 1.29 is 4.79 Å². The number of pyridine rings is 1. The summed E-state index contributed by atoms with van der Waals surface area (Å²) < 4.78 is 0. The molecular weight excluding hydrogens is 350 g/mol. The van der Waals surface area contributed by atoms with Gasteiger partial charge in [-0.05, 0) is 67.6 Å². The van der Waals surface area contributed by atoms with Crippen LogP contribution in [0.2, 0.25) is 0 Å². The van der Waals surface area contributed by atoms with Gasteiger partial charge in [-0.25, -0.2) is 0 Å². The van der Waals surface area contributed by atoms with E-state index in [1.807, 2.05) is 42.5 Å². The number of amides is 1. The Balaban J connectivity index is 1.40. The molecule has 144 valence electrons. The topological polar surface area (TPSA) is 65.2 Å². The Bertz CT molecular complexity index is 1040. The van der Waals surface area contributed by atoms with Crippen LogP contribution in [-0.2, 0) is 17.6 Å². The smallest absolute Gasteiger partial charge is 0.252 e. The Hall–Kier alpha value is -2.92. The number of benzene rings is 2. The molecule has 0 aliphatic carbocycles. The van der Waals surface area contributed by atoms with E-state index in [1.54, 1.807) is 6.07 Å². The van der Waals surface area contributed by atoms with Crippen LogP contribution in [-0.4, -0.2) is 35.4 Å². The minimum Gasteiger partial charge on any atom is -0.326 e. The monoisotopic (exact) mass is 375 g/mol. The van der Waals surface area contributed by atoms with Gasteiger partial charge in [-0.1, -0.05) is 30.3 Å². The molecule has 0 bridgehead atoms. The fraction of sp³-hybridized carbons (Fsp3) is 0.304. The van der Waals surface area contributed by atoms with Crippen molar-refractivity contribution in [2.75, 3.05) is 25.0 Å². The van der Waals surface area contributed by atoms with Crippen molar-refractivity contribution in [3.05, 3.63) is 76.1 Å². The maximum absolute atomic E-state index is 12.5. The number of nitrogens with one attached hydrogen (secondary N) is 2. The average molecular weight is 375 g/mol. The summed E-state index contributed by atoms with van der Waals surface area (Å²) in [5, 5.41) is 3.85. The molecule has 0 saturated carbocycles. The van der Waals surface area contributed by atoms with Crippen molar-refractivity contribution in [1.82, 2.24) is 9.88 Å². The van der Waals surface area contributed by atoms with Crippen LogP contribution in [0, 0.1) is 0 Å². The standard InChI is InChI=1S/C23H25N3O2/c27-22(16-19-15-18-7-1-2-9-21(18)25-23(19)28)24-20-8-5-6-17(14-20)10-13-26-11-3-4-12-26/h1-2,5-9,14-15H,3-4,10-13,16H2,(H,24,27)(H,25,28). The first-order valence-electron chi connectivity index (χ1n) is 9.89. The molecule has 5 heteroatoms. The van der Waals surface area contributed by atoms with Gasteiger partial charge in [-0.3, -0.25) is 9.59 Å². The molecule has 1 saturated heterocycles. The van der Waals surface area contributed by atoms with Gasteiger partial charge in [-0.15, -0.1) is 0 Å². The average Bonchev–Trinajstić information content (AvgIpc) is 3.21. The van der Waals surface area contributed by atoms with Gasteiger partial charge in [0.05, 0.1) is 6.42 Å². The van der Waals surface area contributed by atoms with Gasteiger partial charge in [0.15, 0.2) is 0 Å². The molecule has 2 heterocycles. The fourth-order valence-corrected chi connectivity index (χ4v) is 3.80. The second kappa shape index (κ2) is 8.40. The summed E-state index contributed by atoms with van der Waals surface area (Å²) in [7, 11) is 0. The molecule has 1 amide bonds. The zero-order chi connectivity index (χ0) is 19.3. The second-order valence-electron chi connectivity index (χ2n) is 7.44. The molecule has 2 aromatic carbocycles. The Morgan fingerprint density at radius 3 is 2.71 bits per heavy atom. The molecular formula is C23H25N3O2. The highest BCUT2D eigenvalue weighted by Gasteiger charge is 2.12. The molecule has 5 nitrogen and oxygen atoms in total. The van der Waals surface area contributed by atoms with Gasteiger partial charge in [0, 0.05) is 23.3 Å². The molecule has 4 rings (SSSR count). The molecule has 0 spiro atoms. The van der Waals surface area contributed by atoms with Crippen molar-refractivity contribution >= 4 is 22.5 Å². The maximum Gasteiger partial charge on any atom is 0.252 e. The predicted octanol–water partition coefficient (Wildman–Crippen LogP) is 3.35. The van der Waals surface area contributed by atoms with Gasteiger partial charge in [0.1, 0.15) is 0 Å². The first kappa shape index (κ1) is 18.4. The van der Waals surface area contributed by atoms with E-state index < -0.39 is 0 Å². The van der Waals surface area contributed by atoms with E-state index in [0.29, 0.717) is 5.56 Å². The molecule has 3 aromatic rings. The largest absolute Gasteiger partial charge is 0.326 e. The summed E-state index contributed by atoms with van der Waals surface area (Å²) in [6.45, 7) is 3.44. The molecule has 0 atom stereocenters. The van der Waals surface area contributed by atoms with E-state index in [4.69, 9.17) is 0 Å². The number of para-hydroxylation sites is 1. The van der Waals surface area contributed by atoms with E-state index in [9.17, 15) is 9.59 Å². The number of fused-ring (bicyclic) bond motifs is 1. The molecule has 1 aliphatic rings. The van der Waals surface area contributed by atoms with Crippen molar-refractivity contribution in [3.8, 4) is 0 Å². The van der Waals surface area contributed by atoms with Crippen LogP contribution in [0.1, 0.15) is 24.0 Å². The lowest BCUT2D eigenvalue weighted by Gasteiger charge is -2.14. The molecule has 28 heavy (non-hydrogen) atoms. The quantitative estimate of drug-likeness (QED) is 0.694. The number of likely N-dealkylation sites (tertiary alicyclic amines) is 1. The summed E-state index contributed by atoms with van der Waals surface area (Å²) in [6, 6.07) is 17.3. The number of nitrogens with zero attached hydrogens (tertiary/aromatic N) is 1. The van der Waals surface area contributed by atoms with Crippen LogP contribution in [0.3, 0.4) is 0 Å². The Labute approximate surface area is 164 Å². The number of H-pyrrole nitrogens is 1. The van der Waals surface area contributed by atoms with Crippen LogP contribution >= 0.6 is 0 Å². The van der Waals surface area contributed by atoms with E-state index in [2.05, 4.69) is 21.3 Å². The first-order valence-corrected chi connectivity index (χ1v) is 9.89. The number of anilines is 1. The van der Waals surface area contributed by atoms with E-state index in [-0.39, 0.29) is 17.9 Å². The molecule has 0 unspecified atom stereocenters. The SMILES string of the molecule is O=C(Cc1cc2ccccc2[nH]c1=O)Nc1cccc(CCN2CCCC2)c1. The van der Waals surface area contributed by atoms with Crippen LogP contribution in [0.5, 0.6) is 0 Å². The number of carbonyl (C=O) groups is 1. The lowest BCUT2D eigenvalue weighted by molar-refractivity contribution is -0.115. The molecule has 1 aromatic heterocycles. The molecule has 2 N–H and O–H groups in total. The van der Waals surface area contributed by atoms with Crippen molar-refractivity contribution in [1.29, 1.82) is 0 Å². The van der Waals surface area contributed by atoms with E-state index in [1.165, 1.54) is 31.5 Å². The van der Waals surface area contributed by atoms with Crippen LogP contribution in [0.15, 0.2) is 59.4 Å². The third-order valence-corrected chi connectivity index (χ3v) is 5.31. The Morgan fingerprint density at radius 2 is 1.86 bits per heavy atom. The van der Waals surface area contributed by atoms with Crippen LogP contribution in [0.25, 0.3) is 10.9 Å². The normalized spacial score (nSPS) is 14.4. The van der Waals surface area contributed by atoms with Gasteiger partial charge in [0.2, 0.25) is 5.91 Å². The summed E-state index contributed by atoms with van der Waals surface area (Å²) in [6.07, 6.45) is 3.63. The molecule has 1 aliphatic heterocycles. The zero-order valence-electron chi connectivity index (χ0n) is 15.9. The van der Waals surface area contributed by atoms with Gasteiger partial charge < -0.3 is 15.2 Å². The van der Waals surface area contributed by atoms with Gasteiger partial charge in [0.25, 0.3) is 5.56 Å². The van der Waals surface area contributed by atoms with E-state index in [0.717, 1.165) is 29.6 Å². The van der Waals surface area contributed by atoms with Gasteiger partial charge >= 0.3 is 0 Å². The number of aromatic nitrogens is 1. The van der Waals surface area contributed by atoms with Crippen LogP contribution < -0.4 is 10.9 Å². The molecule has 0 radical (unpaired) electrons. The zero-order valence-corrected chi connectivity index (χ0v) is 15.9. The summed E-state index contributed by atoms with van der Waals surface area (Å²) in [5.74, 6) is -0.183. The molecule has 1 fully saturated rings. The fourth-order valence-electron chi connectivity index (χ4n) is 3.80. The van der Waals surface area contributed by atoms with Crippen LogP contribution in [0.4, 0.5) is 5.69 Å². The third-order valence-electron chi connectivity index (χ3n) is 5.31. The number of carbonyl (C=O) groups excluding carboxylic acids is 1.